The molecule has 0 radical (unpaired) electrons. The number of rotatable bonds is 7. The van der Waals surface area contributed by atoms with Crippen molar-refractivity contribution in [2.75, 3.05) is 38.6 Å². The number of thioether (sulfide) groups is 1. The van der Waals surface area contributed by atoms with Crippen LogP contribution in [0.3, 0.4) is 0 Å². The van der Waals surface area contributed by atoms with Crippen LogP contribution in [0.25, 0.3) is 0 Å². The standard InChI is InChI=1S/C32H37N5O4S/c1-20(2)23-6-8-24(9-7-23)30-29(31(40)34-25-10-12-27(41-5)13-11-25)21(3)33-32-37(30)26(19-42-32)18-28(39)36-16-14-35(15-17-36)22(4)38/h6-13,19-20,30H,14-18H2,1-5H3,(H,34,40)/t30-/m0/s1. The predicted molar refractivity (Wildman–Crippen MR) is 166 cm³/mol. The molecule has 42 heavy (non-hydrogen) atoms. The molecule has 0 aliphatic carbocycles. The van der Waals surface area contributed by atoms with Crippen LogP contribution in [0, 0.1) is 0 Å². The van der Waals surface area contributed by atoms with Crippen LogP contribution in [0.1, 0.15) is 57.2 Å². The van der Waals surface area contributed by atoms with Gasteiger partial charge in [-0.05, 0) is 53.6 Å². The normalized spacial score (nSPS) is 18.5. The van der Waals surface area contributed by atoms with E-state index in [2.05, 4.69) is 43.4 Å². The van der Waals surface area contributed by atoms with Gasteiger partial charge < -0.3 is 24.8 Å². The van der Waals surface area contributed by atoms with Gasteiger partial charge in [0.2, 0.25) is 11.8 Å². The van der Waals surface area contributed by atoms with Crippen molar-refractivity contribution in [2.45, 2.75) is 46.1 Å². The van der Waals surface area contributed by atoms with Gasteiger partial charge in [0, 0.05) is 44.5 Å². The SMILES string of the molecule is COc1ccc(NC(=O)C2=C(C)N=C3SC=C(CC(=O)N4CCN(C(C)=O)CC4)N3[C@H]2c2ccc(C(C)C)cc2)cc1. The molecule has 0 unspecified atom stereocenters. The topological polar surface area (TPSA) is 94.5 Å². The Bertz CT molecular complexity index is 1450. The number of methoxy groups -OCH3 is 1. The highest BCUT2D eigenvalue weighted by Crippen LogP contribution is 2.45. The zero-order valence-electron chi connectivity index (χ0n) is 24.7. The van der Waals surface area contributed by atoms with Crippen molar-refractivity contribution >= 4 is 40.3 Å². The van der Waals surface area contributed by atoms with Crippen molar-refractivity contribution in [1.82, 2.24) is 14.7 Å². The molecule has 10 heteroatoms. The first-order valence-corrected chi connectivity index (χ1v) is 15.1. The summed E-state index contributed by atoms with van der Waals surface area (Å²) in [6.45, 7) is 9.81. The molecule has 0 bridgehead atoms. The monoisotopic (exact) mass is 587 g/mol. The number of aliphatic imine (C=N–C) groups is 1. The second-order valence-electron chi connectivity index (χ2n) is 11.0. The van der Waals surface area contributed by atoms with E-state index in [1.807, 2.05) is 22.1 Å². The quantitative estimate of drug-likeness (QED) is 0.484. The summed E-state index contributed by atoms with van der Waals surface area (Å²) in [6.07, 6.45) is 0.180. The molecule has 0 aromatic heterocycles. The van der Waals surface area contributed by atoms with Crippen molar-refractivity contribution in [2.24, 2.45) is 4.99 Å². The van der Waals surface area contributed by atoms with Crippen LogP contribution < -0.4 is 10.1 Å². The minimum Gasteiger partial charge on any atom is -0.497 e. The molecule has 3 aliphatic heterocycles. The number of amides is 3. The number of carbonyl (C=O) groups is 3. The highest BCUT2D eigenvalue weighted by molar-refractivity contribution is 8.16. The summed E-state index contributed by atoms with van der Waals surface area (Å²) >= 11 is 1.47. The number of hydrogen-bond donors (Lipinski definition) is 1. The Morgan fingerprint density at radius 2 is 1.64 bits per heavy atom. The van der Waals surface area contributed by atoms with Crippen LogP contribution in [0.15, 0.2) is 75.9 Å². The Hall–Kier alpha value is -4.05. The molecule has 0 saturated carbocycles. The molecule has 1 saturated heterocycles. The molecule has 5 rings (SSSR count). The van der Waals surface area contributed by atoms with Gasteiger partial charge in [0.05, 0.1) is 30.8 Å². The molecule has 9 nitrogen and oxygen atoms in total. The summed E-state index contributed by atoms with van der Waals surface area (Å²) in [5, 5.41) is 5.76. The number of nitrogens with one attached hydrogen (secondary N) is 1. The summed E-state index contributed by atoms with van der Waals surface area (Å²) in [5.74, 6) is 0.850. The summed E-state index contributed by atoms with van der Waals surface area (Å²) in [7, 11) is 1.60. The number of nitrogens with zero attached hydrogens (tertiary/aromatic N) is 4. The van der Waals surface area contributed by atoms with Crippen molar-refractivity contribution in [3.05, 3.63) is 82.0 Å². The second-order valence-corrected chi connectivity index (χ2v) is 11.8. The second kappa shape index (κ2) is 12.4. The third kappa shape index (κ3) is 6.09. The zero-order chi connectivity index (χ0) is 30.0. The fourth-order valence-electron chi connectivity index (χ4n) is 5.45. The zero-order valence-corrected chi connectivity index (χ0v) is 25.5. The number of amidine groups is 1. The molecule has 1 N–H and O–H groups in total. The number of allylic oxidation sites excluding steroid dienone is 1. The summed E-state index contributed by atoms with van der Waals surface area (Å²) in [6, 6.07) is 15.1. The number of benzene rings is 2. The lowest BCUT2D eigenvalue weighted by Crippen LogP contribution is -2.50. The first-order chi connectivity index (χ1) is 20.2. The van der Waals surface area contributed by atoms with Gasteiger partial charge >= 0.3 is 0 Å². The van der Waals surface area contributed by atoms with E-state index < -0.39 is 6.04 Å². The van der Waals surface area contributed by atoms with Crippen molar-refractivity contribution in [1.29, 1.82) is 0 Å². The predicted octanol–water partition coefficient (Wildman–Crippen LogP) is 5.11. The molecule has 2 aromatic carbocycles. The van der Waals surface area contributed by atoms with Crippen LogP contribution in [-0.4, -0.2) is 70.9 Å². The van der Waals surface area contributed by atoms with Crippen LogP contribution in [0.5, 0.6) is 5.75 Å². The Morgan fingerprint density at radius 3 is 2.24 bits per heavy atom. The average Bonchev–Trinajstić information content (AvgIpc) is 3.38. The largest absolute Gasteiger partial charge is 0.497 e. The lowest BCUT2D eigenvalue weighted by atomic mass is 9.91. The number of anilines is 1. The fourth-order valence-corrected chi connectivity index (χ4v) is 6.41. The van der Waals surface area contributed by atoms with Gasteiger partial charge in [0.25, 0.3) is 5.91 Å². The number of ether oxygens (including phenoxy) is 1. The fraction of sp³-hybridized carbons (Fsp3) is 0.375. The number of fused-ring (bicyclic) bond motifs is 1. The molecular weight excluding hydrogens is 550 g/mol. The number of hydrogen-bond acceptors (Lipinski definition) is 7. The maximum absolute atomic E-state index is 13.9. The lowest BCUT2D eigenvalue weighted by Gasteiger charge is -2.38. The summed E-state index contributed by atoms with van der Waals surface area (Å²) in [5.41, 5.74) is 4.78. The highest BCUT2D eigenvalue weighted by atomic mass is 32.2. The average molecular weight is 588 g/mol. The van der Waals surface area contributed by atoms with Gasteiger partial charge in [-0.1, -0.05) is 49.9 Å². The van der Waals surface area contributed by atoms with E-state index >= 15 is 0 Å². The Balaban J connectivity index is 1.44. The molecule has 2 aromatic rings. The van der Waals surface area contributed by atoms with E-state index in [1.54, 1.807) is 43.2 Å². The molecule has 3 heterocycles. The molecule has 3 amide bonds. The summed E-state index contributed by atoms with van der Waals surface area (Å²) < 4.78 is 5.26. The maximum Gasteiger partial charge on any atom is 0.255 e. The van der Waals surface area contributed by atoms with Gasteiger partial charge in [-0.2, -0.15) is 0 Å². The minimum atomic E-state index is -0.458. The minimum absolute atomic E-state index is 0.00397. The summed E-state index contributed by atoms with van der Waals surface area (Å²) in [4.78, 5) is 49.5. The van der Waals surface area contributed by atoms with Gasteiger partial charge in [-0.25, -0.2) is 4.99 Å². The first kappa shape index (κ1) is 29.4. The molecule has 3 aliphatic rings. The van der Waals surface area contributed by atoms with E-state index in [4.69, 9.17) is 9.73 Å². The molecular formula is C32H37N5O4S. The number of piperazine rings is 1. The van der Waals surface area contributed by atoms with Gasteiger partial charge in [0.1, 0.15) is 5.75 Å². The van der Waals surface area contributed by atoms with Gasteiger partial charge in [-0.3, -0.25) is 14.4 Å². The van der Waals surface area contributed by atoms with Crippen LogP contribution in [0.2, 0.25) is 0 Å². The van der Waals surface area contributed by atoms with Crippen LogP contribution in [-0.2, 0) is 14.4 Å². The maximum atomic E-state index is 13.9. The van der Waals surface area contributed by atoms with E-state index in [-0.39, 0.29) is 24.1 Å². The third-order valence-corrected chi connectivity index (χ3v) is 8.81. The van der Waals surface area contributed by atoms with Crippen molar-refractivity contribution < 1.29 is 19.1 Å². The van der Waals surface area contributed by atoms with E-state index in [0.717, 1.165) is 16.4 Å². The van der Waals surface area contributed by atoms with Crippen molar-refractivity contribution in [3.63, 3.8) is 0 Å². The Kier molecular flexibility index (Phi) is 8.72. The smallest absolute Gasteiger partial charge is 0.255 e. The Morgan fingerprint density at radius 1 is 1.00 bits per heavy atom. The highest BCUT2D eigenvalue weighted by Gasteiger charge is 2.41. The molecule has 1 fully saturated rings. The number of carbonyl (C=O) groups excluding carboxylic acids is 3. The van der Waals surface area contributed by atoms with E-state index in [9.17, 15) is 14.4 Å². The van der Waals surface area contributed by atoms with Crippen LogP contribution in [0.4, 0.5) is 5.69 Å². The van der Waals surface area contributed by atoms with Crippen molar-refractivity contribution in [3.8, 4) is 5.75 Å². The first-order valence-electron chi connectivity index (χ1n) is 14.2. The third-order valence-electron chi connectivity index (χ3n) is 7.92. The molecule has 1 atom stereocenters. The van der Waals surface area contributed by atoms with Crippen LogP contribution >= 0.6 is 11.8 Å². The Labute approximate surface area is 251 Å². The molecule has 0 spiro atoms. The van der Waals surface area contributed by atoms with Gasteiger partial charge in [-0.15, -0.1) is 0 Å². The van der Waals surface area contributed by atoms with E-state index in [1.165, 1.54) is 17.3 Å². The van der Waals surface area contributed by atoms with E-state index in [0.29, 0.717) is 54.8 Å². The van der Waals surface area contributed by atoms with Gasteiger partial charge in [0.15, 0.2) is 5.17 Å². The molecule has 220 valence electrons. The lowest BCUT2D eigenvalue weighted by molar-refractivity contribution is -0.138.